The van der Waals surface area contributed by atoms with Crippen molar-refractivity contribution >= 4 is 43.9 Å². The number of fused-ring (bicyclic) bond motifs is 2. The second-order valence-electron chi connectivity index (χ2n) is 6.09. The minimum atomic E-state index is -3.41. The second kappa shape index (κ2) is 5.97. The maximum Gasteiger partial charge on any atom is 0.255 e. The van der Waals surface area contributed by atoms with Gasteiger partial charge in [0, 0.05) is 16.7 Å². The second-order valence-corrected chi connectivity index (χ2v) is 7.90. The molecule has 26 heavy (non-hydrogen) atoms. The van der Waals surface area contributed by atoms with E-state index in [0.717, 1.165) is 21.7 Å². The SMILES string of the molecule is C=C(C(=O)Nc1ccc2c(c1)S(=O)(=O)C=C2)c1ccc2ccccc2c1. The fraction of sp³-hybridized carbons (Fsp3) is 0. The molecule has 1 aliphatic rings. The number of carbonyl (C=O) groups is 1. The van der Waals surface area contributed by atoms with Crippen LogP contribution in [0.3, 0.4) is 0 Å². The Balaban J connectivity index is 1.59. The molecule has 4 nitrogen and oxygen atoms in total. The summed E-state index contributed by atoms with van der Waals surface area (Å²) in [6, 6.07) is 18.4. The summed E-state index contributed by atoms with van der Waals surface area (Å²) in [5.74, 6) is -0.372. The molecular weight excluding hydrogens is 346 g/mol. The normalized spacial score (nSPS) is 14.2. The van der Waals surface area contributed by atoms with Gasteiger partial charge in [-0.3, -0.25) is 4.79 Å². The van der Waals surface area contributed by atoms with Crippen molar-refractivity contribution in [2.24, 2.45) is 0 Å². The molecule has 1 heterocycles. The van der Waals surface area contributed by atoms with Crippen molar-refractivity contribution < 1.29 is 13.2 Å². The predicted molar refractivity (Wildman–Crippen MR) is 104 cm³/mol. The maximum atomic E-state index is 12.5. The third-order valence-electron chi connectivity index (χ3n) is 4.38. The summed E-state index contributed by atoms with van der Waals surface area (Å²) in [5.41, 5.74) is 2.08. The summed E-state index contributed by atoms with van der Waals surface area (Å²) < 4.78 is 23.9. The van der Waals surface area contributed by atoms with Gasteiger partial charge in [0.25, 0.3) is 5.91 Å². The maximum absolute atomic E-state index is 12.5. The number of sulfone groups is 1. The molecule has 0 saturated heterocycles. The zero-order valence-corrected chi connectivity index (χ0v) is 14.6. The number of amides is 1. The molecule has 0 aromatic heterocycles. The zero-order chi connectivity index (χ0) is 18.3. The van der Waals surface area contributed by atoms with E-state index in [2.05, 4.69) is 11.9 Å². The fourth-order valence-electron chi connectivity index (χ4n) is 2.95. The number of hydrogen-bond donors (Lipinski definition) is 1. The van der Waals surface area contributed by atoms with Crippen molar-refractivity contribution in [3.8, 4) is 0 Å². The smallest absolute Gasteiger partial charge is 0.255 e. The number of hydrogen-bond acceptors (Lipinski definition) is 3. The van der Waals surface area contributed by atoms with Crippen LogP contribution in [0.25, 0.3) is 22.4 Å². The Morgan fingerprint density at radius 2 is 1.69 bits per heavy atom. The lowest BCUT2D eigenvalue weighted by Crippen LogP contribution is -2.13. The summed E-state index contributed by atoms with van der Waals surface area (Å²) in [4.78, 5) is 12.7. The van der Waals surface area contributed by atoms with Gasteiger partial charge in [-0.2, -0.15) is 0 Å². The van der Waals surface area contributed by atoms with Gasteiger partial charge < -0.3 is 5.32 Å². The third kappa shape index (κ3) is 2.82. The summed E-state index contributed by atoms with van der Waals surface area (Å²) >= 11 is 0. The van der Waals surface area contributed by atoms with E-state index < -0.39 is 9.84 Å². The Hall–Kier alpha value is -3.18. The first-order valence-corrected chi connectivity index (χ1v) is 9.55. The lowest BCUT2D eigenvalue weighted by molar-refractivity contribution is -0.111. The first-order valence-electron chi connectivity index (χ1n) is 8.01. The molecule has 0 unspecified atom stereocenters. The van der Waals surface area contributed by atoms with Gasteiger partial charge in [0.05, 0.1) is 4.90 Å². The topological polar surface area (TPSA) is 63.2 Å². The van der Waals surface area contributed by atoms with E-state index in [1.807, 2.05) is 42.5 Å². The van der Waals surface area contributed by atoms with Crippen LogP contribution in [0.4, 0.5) is 5.69 Å². The molecule has 0 aliphatic carbocycles. The number of nitrogens with one attached hydrogen (secondary N) is 1. The molecular formula is C21H15NO3S. The van der Waals surface area contributed by atoms with Crippen LogP contribution >= 0.6 is 0 Å². The van der Waals surface area contributed by atoms with E-state index in [1.54, 1.807) is 18.2 Å². The summed E-state index contributed by atoms with van der Waals surface area (Å²) in [5, 5.41) is 5.99. The highest BCUT2D eigenvalue weighted by Gasteiger charge is 2.21. The van der Waals surface area contributed by atoms with Gasteiger partial charge >= 0.3 is 0 Å². The number of benzene rings is 3. The molecule has 0 bridgehead atoms. The fourth-order valence-corrected chi connectivity index (χ4v) is 4.18. The highest BCUT2D eigenvalue weighted by atomic mass is 32.2. The van der Waals surface area contributed by atoms with Crippen LogP contribution in [0.5, 0.6) is 0 Å². The Labute approximate surface area is 151 Å². The summed E-state index contributed by atoms with van der Waals surface area (Å²) in [7, 11) is -3.41. The van der Waals surface area contributed by atoms with Crippen LogP contribution in [0, 0.1) is 0 Å². The Morgan fingerprint density at radius 3 is 2.50 bits per heavy atom. The molecule has 5 heteroatoms. The van der Waals surface area contributed by atoms with Crippen molar-refractivity contribution in [1.29, 1.82) is 0 Å². The highest BCUT2D eigenvalue weighted by molar-refractivity contribution is 7.94. The molecule has 1 amide bonds. The summed E-state index contributed by atoms with van der Waals surface area (Å²) in [6.07, 6.45) is 1.55. The largest absolute Gasteiger partial charge is 0.322 e. The molecule has 128 valence electrons. The van der Waals surface area contributed by atoms with Gasteiger partial charge in [0.1, 0.15) is 0 Å². The highest BCUT2D eigenvalue weighted by Crippen LogP contribution is 2.30. The van der Waals surface area contributed by atoms with Gasteiger partial charge in [-0.15, -0.1) is 0 Å². The third-order valence-corrected chi connectivity index (χ3v) is 5.84. The molecule has 0 saturated carbocycles. The van der Waals surface area contributed by atoms with Crippen LogP contribution < -0.4 is 5.32 Å². The quantitative estimate of drug-likeness (QED) is 0.710. The number of anilines is 1. The first kappa shape index (κ1) is 16.3. The van der Waals surface area contributed by atoms with Crippen LogP contribution in [0.2, 0.25) is 0 Å². The average Bonchev–Trinajstić information content (AvgIpc) is 2.95. The molecule has 3 aromatic carbocycles. The Kier molecular flexibility index (Phi) is 3.74. The van der Waals surface area contributed by atoms with Crippen molar-refractivity contribution in [1.82, 2.24) is 0 Å². The Bertz CT molecular complexity index is 1210. The predicted octanol–water partition coefficient (Wildman–Crippen LogP) is 4.25. The van der Waals surface area contributed by atoms with E-state index in [9.17, 15) is 13.2 Å². The molecule has 1 aliphatic heterocycles. The monoisotopic (exact) mass is 361 g/mol. The lowest BCUT2D eigenvalue weighted by Gasteiger charge is -2.10. The molecule has 0 fully saturated rings. The van der Waals surface area contributed by atoms with Crippen LogP contribution in [0.15, 0.2) is 77.5 Å². The molecule has 3 aromatic rings. The molecule has 0 spiro atoms. The van der Waals surface area contributed by atoms with Crippen LogP contribution in [0.1, 0.15) is 11.1 Å². The van der Waals surface area contributed by atoms with Crippen molar-refractivity contribution in [2.45, 2.75) is 4.90 Å². The van der Waals surface area contributed by atoms with Crippen LogP contribution in [-0.4, -0.2) is 14.3 Å². The van der Waals surface area contributed by atoms with Gasteiger partial charge in [0.2, 0.25) is 9.84 Å². The molecule has 4 rings (SSSR count). The van der Waals surface area contributed by atoms with E-state index >= 15 is 0 Å². The van der Waals surface area contributed by atoms with E-state index in [1.165, 1.54) is 6.07 Å². The van der Waals surface area contributed by atoms with Gasteiger partial charge in [-0.25, -0.2) is 8.42 Å². The first-order chi connectivity index (χ1) is 12.4. The molecule has 1 N–H and O–H groups in total. The Morgan fingerprint density at radius 1 is 0.923 bits per heavy atom. The minimum absolute atomic E-state index is 0.201. The average molecular weight is 361 g/mol. The van der Waals surface area contributed by atoms with E-state index in [4.69, 9.17) is 0 Å². The minimum Gasteiger partial charge on any atom is -0.322 e. The number of rotatable bonds is 3. The van der Waals surface area contributed by atoms with Gasteiger partial charge in [-0.1, -0.05) is 49.0 Å². The summed E-state index contributed by atoms with van der Waals surface area (Å²) in [6.45, 7) is 3.89. The van der Waals surface area contributed by atoms with Crippen molar-refractivity contribution in [3.63, 3.8) is 0 Å². The zero-order valence-electron chi connectivity index (χ0n) is 13.8. The molecule has 0 atom stereocenters. The van der Waals surface area contributed by atoms with Gasteiger partial charge in [0.15, 0.2) is 0 Å². The van der Waals surface area contributed by atoms with Crippen molar-refractivity contribution in [2.75, 3.05) is 5.32 Å². The van der Waals surface area contributed by atoms with E-state index in [-0.39, 0.29) is 10.8 Å². The van der Waals surface area contributed by atoms with E-state index in [0.29, 0.717) is 16.8 Å². The molecule has 0 radical (unpaired) electrons. The lowest BCUT2D eigenvalue weighted by atomic mass is 10.0. The van der Waals surface area contributed by atoms with Crippen LogP contribution in [-0.2, 0) is 14.6 Å². The van der Waals surface area contributed by atoms with Crippen molar-refractivity contribution in [3.05, 3.63) is 83.8 Å². The standard InChI is InChI=1S/C21H15NO3S/c1-14(17-7-6-15-4-2-3-5-18(15)12-17)21(23)22-19-9-8-16-10-11-26(24,25)20(16)13-19/h2-13H,1H2,(H,22,23). The number of carbonyl (C=O) groups excluding carboxylic acids is 1. The van der Waals surface area contributed by atoms with Gasteiger partial charge in [-0.05, 0) is 46.2 Å².